The lowest BCUT2D eigenvalue weighted by molar-refractivity contribution is -0.151. The first-order chi connectivity index (χ1) is 13.4. The van der Waals surface area contributed by atoms with Crippen molar-refractivity contribution in [3.05, 3.63) is 65.5 Å². The lowest BCUT2D eigenvalue weighted by Gasteiger charge is -2.52. The summed E-state index contributed by atoms with van der Waals surface area (Å²) in [5.74, 6) is -0.999. The third kappa shape index (κ3) is 3.87. The van der Waals surface area contributed by atoms with E-state index in [1.54, 1.807) is 0 Å². The average molecular weight is 393 g/mol. The summed E-state index contributed by atoms with van der Waals surface area (Å²) in [7, 11) is 0. The van der Waals surface area contributed by atoms with Crippen LogP contribution in [0.3, 0.4) is 0 Å². The molecule has 0 saturated carbocycles. The van der Waals surface area contributed by atoms with E-state index in [9.17, 15) is 18.3 Å². The highest BCUT2D eigenvalue weighted by molar-refractivity contribution is 5.39. The number of alkyl halides is 2. The second-order valence-corrected chi connectivity index (χ2v) is 7.46. The molecule has 2 bridgehead atoms. The number of rotatable bonds is 5. The number of benzene rings is 2. The van der Waals surface area contributed by atoms with E-state index in [-0.39, 0.29) is 23.4 Å². The van der Waals surface area contributed by atoms with Gasteiger partial charge in [0.05, 0.1) is 18.8 Å². The normalized spacial score (nSPS) is 27.8. The molecule has 150 valence electrons. The molecule has 0 spiro atoms. The topological polar surface area (TPSA) is 41.9 Å². The summed E-state index contributed by atoms with van der Waals surface area (Å²) in [4.78, 5) is 2.30. The van der Waals surface area contributed by atoms with E-state index in [0.717, 1.165) is 24.2 Å². The van der Waals surface area contributed by atoms with Gasteiger partial charge in [0.2, 0.25) is 0 Å². The Morgan fingerprint density at radius 3 is 2.43 bits per heavy atom. The molecule has 7 heteroatoms. The largest absolute Gasteiger partial charge is 0.434 e. The number of nitrogens with zero attached hydrogens (tertiary/aromatic N) is 1. The number of hydrogen-bond donors (Lipinski definition) is 1. The minimum Gasteiger partial charge on any atom is -0.434 e. The monoisotopic (exact) mass is 393 g/mol. The highest BCUT2D eigenvalue weighted by atomic mass is 19.3. The molecule has 0 radical (unpaired) electrons. The van der Waals surface area contributed by atoms with Crippen LogP contribution in [0.25, 0.3) is 0 Å². The van der Waals surface area contributed by atoms with E-state index in [1.165, 1.54) is 6.07 Å². The molecule has 0 amide bonds. The molecule has 2 saturated heterocycles. The van der Waals surface area contributed by atoms with Gasteiger partial charge in [-0.2, -0.15) is 8.78 Å². The van der Waals surface area contributed by atoms with E-state index in [1.807, 2.05) is 30.3 Å². The van der Waals surface area contributed by atoms with Crippen LogP contribution in [0.4, 0.5) is 13.2 Å². The Bertz CT molecular complexity index is 804. The average Bonchev–Trinajstić information content (AvgIpc) is 2.63. The molecule has 2 heterocycles. The van der Waals surface area contributed by atoms with Gasteiger partial charge in [-0.3, -0.25) is 4.90 Å². The highest BCUT2D eigenvalue weighted by Gasteiger charge is 2.48. The van der Waals surface area contributed by atoms with Gasteiger partial charge in [0.1, 0.15) is 11.6 Å². The molecule has 1 N–H and O–H groups in total. The van der Waals surface area contributed by atoms with Crippen molar-refractivity contribution in [3.63, 3.8) is 0 Å². The number of halogens is 3. The number of aliphatic hydroxyl groups is 1. The third-order valence-corrected chi connectivity index (χ3v) is 5.57. The molecule has 28 heavy (non-hydrogen) atoms. The summed E-state index contributed by atoms with van der Waals surface area (Å²) in [5, 5.41) is 11.4. The predicted molar refractivity (Wildman–Crippen MR) is 96.5 cm³/mol. The molecule has 2 unspecified atom stereocenters. The zero-order chi connectivity index (χ0) is 19.7. The van der Waals surface area contributed by atoms with E-state index in [4.69, 9.17) is 4.74 Å². The highest BCUT2D eigenvalue weighted by Crippen LogP contribution is 2.45. The van der Waals surface area contributed by atoms with Crippen LogP contribution >= 0.6 is 0 Å². The summed E-state index contributed by atoms with van der Waals surface area (Å²) >= 11 is 0. The second-order valence-electron chi connectivity index (χ2n) is 7.46. The van der Waals surface area contributed by atoms with Crippen LogP contribution in [-0.2, 0) is 16.9 Å². The van der Waals surface area contributed by atoms with Crippen LogP contribution in [0.15, 0.2) is 48.5 Å². The Hall–Kier alpha value is -2.09. The number of piperidine rings is 1. The van der Waals surface area contributed by atoms with Crippen molar-refractivity contribution in [2.45, 2.75) is 43.7 Å². The van der Waals surface area contributed by atoms with E-state index in [2.05, 4.69) is 9.64 Å². The van der Waals surface area contributed by atoms with Gasteiger partial charge in [0.15, 0.2) is 0 Å². The van der Waals surface area contributed by atoms with Gasteiger partial charge >= 0.3 is 6.61 Å². The van der Waals surface area contributed by atoms with Crippen molar-refractivity contribution in [1.82, 2.24) is 4.90 Å². The molecule has 2 aromatic rings. The van der Waals surface area contributed by atoms with Crippen LogP contribution in [-0.4, -0.2) is 41.9 Å². The maximum absolute atomic E-state index is 13.6. The first-order valence-corrected chi connectivity index (χ1v) is 9.29. The predicted octanol–water partition coefficient (Wildman–Crippen LogP) is 3.68. The van der Waals surface area contributed by atoms with Gasteiger partial charge in [-0.05, 0) is 30.5 Å². The molecular formula is C21H22F3NO3. The Labute approximate surface area is 161 Å². The Morgan fingerprint density at radius 1 is 1.11 bits per heavy atom. The standard InChI is InChI=1S/C21H22F3NO3/c22-15-6-7-18(19(8-15)28-20(23)24)21(26)9-16-12-27-13-17(10-21)25(16)11-14-4-2-1-3-5-14/h1-8,16-17,20,26H,9-13H2. The fraction of sp³-hybridized carbons (Fsp3) is 0.429. The number of ether oxygens (including phenoxy) is 2. The van der Waals surface area contributed by atoms with Crippen molar-refractivity contribution in [2.24, 2.45) is 0 Å². The second kappa shape index (κ2) is 7.73. The molecule has 2 aromatic carbocycles. The van der Waals surface area contributed by atoms with Gasteiger partial charge in [-0.1, -0.05) is 30.3 Å². The maximum atomic E-state index is 13.6. The van der Waals surface area contributed by atoms with Gasteiger partial charge in [0.25, 0.3) is 0 Å². The molecule has 2 atom stereocenters. The zero-order valence-corrected chi connectivity index (χ0v) is 15.2. The van der Waals surface area contributed by atoms with Gasteiger partial charge < -0.3 is 14.6 Å². The van der Waals surface area contributed by atoms with Crippen LogP contribution in [0.5, 0.6) is 5.75 Å². The molecule has 2 aliphatic heterocycles. The van der Waals surface area contributed by atoms with Gasteiger partial charge in [-0.25, -0.2) is 4.39 Å². The number of fused-ring (bicyclic) bond motifs is 2. The summed E-state index contributed by atoms with van der Waals surface area (Å²) in [5.41, 5.74) is -0.0247. The van der Waals surface area contributed by atoms with Crippen LogP contribution < -0.4 is 4.74 Å². The van der Waals surface area contributed by atoms with Crippen molar-refractivity contribution in [3.8, 4) is 5.75 Å². The van der Waals surface area contributed by atoms with Crippen molar-refractivity contribution in [1.29, 1.82) is 0 Å². The van der Waals surface area contributed by atoms with Crippen molar-refractivity contribution < 1.29 is 27.8 Å². The Kier molecular flexibility index (Phi) is 5.31. The van der Waals surface area contributed by atoms with E-state index in [0.29, 0.717) is 26.1 Å². The van der Waals surface area contributed by atoms with Crippen molar-refractivity contribution in [2.75, 3.05) is 13.2 Å². The summed E-state index contributed by atoms with van der Waals surface area (Å²) in [6, 6.07) is 13.3. The molecule has 4 rings (SSSR count). The molecule has 4 nitrogen and oxygen atoms in total. The van der Waals surface area contributed by atoms with Crippen LogP contribution in [0.2, 0.25) is 0 Å². The van der Waals surface area contributed by atoms with Crippen molar-refractivity contribution >= 4 is 0 Å². The lowest BCUT2D eigenvalue weighted by Crippen LogP contribution is -2.60. The Morgan fingerprint density at radius 2 is 1.79 bits per heavy atom. The fourth-order valence-electron chi connectivity index (χ4n) is 4.39. The molecular weight excluding hydrogens is 371 g/mol. The zero-order valence-electron chi connectivity index (χ0n) is 15.2. The molecule has 0 aliphatic carbocycles. The molecule has 2 fully saturated rings. The number of hydrogen-bond acceptors (Lipinski definition) is 4. The summed E-state index contributed by atoms with van der Waals surface area (Å²) in [6.45, 7) is -1.49. The SMILES string of the molecule is OC1(c2ccc(F)cc2OC(F)F)CC2COCC(C1)N2Cc1ccccc1. The first kappa shape index (κ1) is 19.2. The number of morpholine rings is 1. The smallest absolute Gasteiger partial charge is 0.387 e. The maximum Gasteiger partial charge on any atom is 0.387 e. The quantitative estimate of drug-likeness (QED) is 0.842. The van der Waals surface area contributed by atoms with E-state index < -0.39 is 18.0 Å². The fourth-order valence-corrected chi connectivity index (χ4v) is 4.39. The van der Waals surface area contributed by atoms with Crippen LogP contribution in [0.1, 0.15) is 24.0 Å². The lowest BCUT2D eigenvalue weighted by atomic mass is 9.76. The van der Waals surface area contributed by atoms with Gasteiger partial charge in [-0.15, -0.1) is 0 Å². The molecule has 2 aliphatic rings. The first-order valence-electron chi connectivity index (χ1n) is 9.29. The minimum absolute atomic E-state index is 0.0813. The van der Waals surface area contributed by atoms with E-state index >= 15 is 0 Å². The molecule has 0 aromatic heterocycles. The van der Waals surface area contributed by atoms with Crippen LogP contribution in [0, 0.1) is 5.82 Å². The third-order valence-electron chi connectivity index (χ3n) is 5.57. The Balaban J connectivity index is 1.61. The summed E-state index contributed by atoms with van der Waals surface area (Å²) < 4.78 is 49.4. The minimum atomic E-state index is -3.09. The van der Waals surface area contributed by atoms with Gasteiger partial charge in [0, 0.05) is 30.3 Å². The summed E-state index contributed by atoms with van der Waals surface area (Å²) in [6.07, 6.45) is 0.586.